The van der Waals surface area contributed by atoms with E-state index in [2.05, 4.69) is 0 Å². The monoisotopic (exact) mass is 314 g/mol. The van der Waals surface area contributed by atoms with E-state index >= 15 is 0 Å². The number of ketones is 1. The lowest BCUT2D eigenvalue weighted by molar-refractivity contribution is -0.137. The average molecular weight is 315 g/mol. The highest BCUT2D eigenvalue weighted by Gasteiger charge is 2.30. The quantitative estimate of drug-likeness (QED) is 0.770. The zero-order valence-corrected chi connectivity index (χ0v) is 11.4. The van der Waals surface area contributed by atoms with Crippen molar-refractivity contribution in [3.8, 4) is 5.75 Å². The fraction of sp³-hybridized carbons (Fsp3) is 0.133. The molecule has 0 radical (unpaired) electrons. The molecule has 0 heterocycles. The summed E-state index contributed by atoms with van der Waals surface area (Å²) in [6, 6.07) is 10.8. The Morgan fingerprint density at radius 3 is 2.48 bits per heavy atom. The number of carbonyl (C=O) groups is 1. The summed E-state index contributed by atoms with van der Waals surface area (Å²) >= 11 is 5.86. The van der Waals surface area contributed by atoms with Gasteiger partial charge in [0.05, 0.1) is 10.6 Å². The number of carbonyl (C=O) groups excluding carboxylic acids is 1. The van der Waals surface area contributed by atoms with Crippen molar-refractivity contribution in [1.29, 1.82) is 0 Å². The van der Waals surface area contributed by atoms with Crippen LogP contribution in [0.25, 0.3) is 0 Å². The normalized spacial score (nSPS) is 11.2. The SMILES string of the molecule is O=C(COc1cccc(C(F)(F)F)c1)c1ccccc1Cl. The van der Waals surface area contributed by atoms with Crippen LogP contribution in [0, 0.1) is 0 Å². The summed E-state index contributed by atoms with van der Waals surface area (Å²) in [6.07, 6.45) is -4.45. The minimum Gasteiger partial charge on any atom is -0.485 e. The first kappa shape index (κ1) is 15.4. The molecular formula is C15H10ClF3O2. The number of rotatable bonds is 4. The third kappa shape index (κ3) is 3.98. The second-order valence-electron chi connectivity index (χ2n) is 4.22. The Kier molecular flexibility index (Phi) is 4.53. The molecule has 2 rings (SSSR count). The van der Waals surface area contributed by atoms with Crippen molar-refractivity contribution in [3.05, 3.63) is 64.7 Å². The Morgan fingerprint density at radius 1 is 1.10 bits per heavy atom. The van der Waals surface area contributed by atoms with Crippen LogP contribution >= 0.6 is 11.6 Å². The maximum absolute atomic E-state index is 12.5. The van der Waals surface area contributed by atoms with E-state index in [1.165, 1.54) is 18.2 Å². The number of alkyl halides is 3. The van der Waals surface area contributed by atoms with E-state index in [1.54, 1.807) is 18.2 Å². The average Bonchev–Trinajstić information content (AvgIpc) is 2.45. The van der Waals surface area contributed by atoms with Gasteiger partial charge in [-0.1, -0.05) is 29.8 Å². The molecule has 0 aliphatic heterocycles. The topological polar surface area (TPSA) is 26.3 Å². The number of hydrogen-bond acceptors (Lipinski definition) is 2. The van der Waals surface area contributed by atoms with Gasteiger partial charge in [-0.25, -0.2) is 0 Å². The molecule has 0 saturated carbocycles. The molecular weight excluding hydrogens is 305 g/mol. The lowest BCUT2D eigenvalue weighted by Gasteiger charge is -2.10. The molecule has 2 aromatic carbocycles. The summed E-state index contributed by atoms with van der Waals surface area (Å²) in [5.41, 5.74) is -0.559. The second-order valence-corrected chi connectivity index (χ2v) is 4.62. The van der Waals surface area contributed by atoms with Crippen LogP contribution in [0.3, 0.4) is 0 Å². The van der Waals surface area contributed by atoms with Crippen LogP contribution in [0.2, 0.25) is 5.02 Å². The van der Waals surface area contributed by atoms with Crippen molar-refractivity contribution in [3.63, 3.8) is 0 Å². The van der Waals surface area contributed by atoms with Crippen LogP contribution in [-0.2, 0) is 6.18 Å². The molecule has 0 atom stereocenters. The zero-order chi connectivity index (χ0) is 15.5. The smallest absolute Gasteiger partial charge is 0.416 e. The van der Waals surface area contributed by atoms with Crippen molar-refractivity contribution in [1.82, 2.24) is 0 Å². The van der Waals surface area contributed by atoms with Gasteiger partial charge < -0.3 is 4.74 Å². The molecule has 0 unspecified atom stereocenters. The van der Waals surface area contributed by atoms with Gasteiger partial charge in [-0.15, -0.1) is 0 Å². The summed E-state index contributed by atoms with van der Waals surface area (Å²) < 4.78 is 42.7. The minimum atomic E-state index is -4.45. The van der Waals surface area contributed by atoms with Crippen molar-refractivity contribution in [2.45, 2.75) is 6.18 Å². The van der Waals surface area contributed by atoms with E-state index in [-0.39, 0.29) is 22.9 Å². The molecule has 0 saturated heterocycles. The molecule has 0 spiro atoms. The van der Waals surface area contributed by atoms with E-state index in [4.69, 9.17) is 16.3 Å². The summed E-state index contributed by atoms with van der Waals surface area (Å²) in [6.45, 7) is -0.384. The van der Waals surface area contributed by atoms with E-state index < -0.39 is 17.5 Å². The first-order valence-electron chi connectivity index (χ1n) is 5.96. The Labute approximate surface area is 124 Å². The lowest BCUT2D eigenvalue weighted by Crippen LogP contribution is -2.12. The third-order valence-corrected chi connectivity index (χ3v) is 3.04. The maximum Gasteiger partial charge on any atom is 0.416 e. The van der Waals surface area contributed by atoms with Crippen LogP contribution < -0.4 is 4.74 Å². The standard InChI is InChI=1S/C15H10ClF3O2/c16-13-7-2-1-6-12(13)14(20)9-21-11-5-3-4-10(8-11)15(17,18)19/h1-8H,9H2. The van der Waals surface area contributed by atoms with Crippen LogP contribution in [-0.4, -0.2) is 12.4 Å². The Balaban J connectivity index is 2.07. The van der Waals surface area contributed by atoms with Crippen molar-refractivity contribution < 1.29 is 22.7 Å². The highest BCUT2D eigenvalue weighted by atomic mass is 35.5. The molecule has 0 aromatic heterocycles. The minimum absolute atomic E-state index is 0.0229. The van der Waals surface area contributed by atoms with Gasteiger partial charge in [0.25, 0.3) is 0 Å². The van der Waals surface area contributed by atoms with Gasteiger partial charge in [0.1, 0.15) is 5.75 Å². The van der Waals surface area contributed by atoms with E-state index in [0.717, 1.165) is 12.1 Å². The number of benzene rings is 2. The summed E-state index contributed by atoms with van der Waals surface area (Å²) in [5.74, 6) is -0.428. The van der Waals surface area contributed by atoms with Gasteiger partial charge in [-0.3, -0.25) is 4.79 Å². The number of hydrogen-bond donors (Lipinski definition) is 0. The van der Waals surface area contributed by atoms with Crippen LogP contribution in [0.4, 0.5) is 13.2 Å². The van der Waals surface area contributed by atoms with Crippen LogP contribution in [0.1, 0.15) is 15.9 Å². The maximum atomic E-state index is 12.5. The predicted molar refractivity (Wildman–Crippen MR) is 72.7 cm³/mol. The molecule has 0 bridgehead atoms. The fourth-order valence-electron chi connectivity index (χ4n) is 1.68. The second kappa shape index (κ2) is 6.18. The fourth-order valence-corrected chi connectivity index (χ4v) is 1.92. The lowest BCUT2D eigenvalue weighted by atomic mass is 10.1. The van der Waals surface area contributed by atoms with Crippen LogP contribution in [0.15, 0.2) is 48.5 Å². The predicted octanol–water partition coefficient (Wildman–Crippen LogP) is 4.62. The van der Waals surface area contributed by atoms with Gasteiger partial charge in [-0.2, -0.15) is 13.2 Å². The molecule has 0 aliphatic carbocycles. The number of Topliss-reactive ketones (excluding diaryl/α,β-unsaturated/α-hetero) is 1. The summed E-state index contributed by atoms with van der Waals surface area (Å²) in [5, 5.41) is 0.273. The van der Waals surface area contributed by atoms with Crippen molar-refractivity contribution >= 4 is 17.4 Å². The highest BCUT2D eigenvalue weighted by Crippen LogP contribution is 2.31. The van der Waals surface area contributed by atoms with Gasteiger partial charge >= 0.3 is 6.18 Å². The van der Waals surface area contributed by atoms with Gasteiger partial charge in [0.15, 0.2) is 6.61 Å². The number of halogens is 4. The third-order valence-electron chi connectivity index (χ3n) is 2.71. The van der Waals surface area contributed by atoms with Crippen molar-refractivity contribution in [2.24, 2.45) is 0 Å². The largest absolute Gasteiger partial charge is 0.485 e. The molecule has 21 heavy (non-hydrogen) atoms. The molecule has 0 N–H and O–H groups in total. The zero-order valence-electron chi connectivity index (χ0n) is 10.7. The van der Waals surface area contributed by atoms with Crippen LogP contribution in [0.5, 0.6) is 5.75 Å². The molecule has 0 fully saturated rings. The Bertz CT molecular complexity index is 653. The molecule has 110 valence electrons. The first-order valence-corrected chi connectivity index (χ1v) is 6.33. The van der Waals surface area contributed by atoms with Gasteiger partial charge in [-0.05, 0) is 30.3 Å². The molecule has 6 heteroatoms. The van der Waals surface area contributed by atoms with Gasteiger partial charge in [0, 0.05) is 5.56 Å². The van der Waals surface area contributed by atoms with E-state index in [9.17, 15) is 18.0 Å². The van der Waals surface area contributed by atoms with Crippen molar-refractivity contribution in [2.75, 3.05) is 6.61 Å². The summed E-state index contributed by atoms with van der Waals surface area (Å²) in [4.78, 5) is 11.9. The molecule has 2 nitrogen and oxygen atoms in total. The summed E-state index contributed by atoms with van der Waals surface area (Å²) in [7, 11) is 0. The Hall–Kier alpha value is -2.01. The van der Waals surface area contributed by atoms with E-state index in [0.29, 0.717) is 0 Å². The number of ether oxygens (including phenoxy) is 1. The first-order chi connectivity index (χ1) is 9.88. The highest BCUT2D eigenvalue weighted by molar-refractivity contribution is 6.34. The molecule has 0 aliphatic rings. The molecule has 0 amide bonds. The molecule has 2 aromatic rings. The van der Waals surface area contributed by atoms with E-state index in [1.807, 2.05) is 0 Å². The van der Waals surface area contributed by atoms with Gasteiger partial charge in [0.2, 0.25) is 5.78 Å². The Morgan fingerprint density at radius 2 is 1.81 bits per heavy atom.